The van der Waals surface area contributed by atoms with E-state index in [0.717, 1.165) is 0 Å². The van der Waals surface area contributed by atoms with E-state index in [-0.39, 0.29) is 25.1 Å². The zero-order chi connectivity index (χ0) is 15.8. The first-order valence-electron chi connectivity index (χ1n) is 6.46. The normalized spacial score (nSPS) is 18.9. The molecule has 1 amide bonds. The molecular formula is C13H17F3N4O. The summed E-state index contributed by atoms with van der Waals surface area (Å²) in [5, 5.41) is 2.84. The van der Waals surface area contributed by atoms with E-state index in [4.69, 9.17) is 11.5 Å². The second kappa shape index (κ2) is 5.34. The molecule has 1 aromatic rings. The van der Waals surface area contributed by atoms with Crippen LogP contribution in [0, 0.1) is 5.92 Å². The first kappa shape index (κ1) is 15.3. The average Bonchev–Trinajstić information content (AvgIpc) is 2.87. The standard InChI is InChI=1S/C13H17F3N4O/c1-19-10-5-11(8(12(18)21)4-9(10)17)20-3-2-7(6-20)13(14,15)16/h4-5,7,19H,2-3,6,17H2,1H3,(H2,18,21). The molecule has 0 aromatic heterocycles. The molecule has 116 valence electrons. The third kappa shape index (κ3) is 2.98. The van der Waals surface area contributed by atoms with E-state index >= 15 is 0 Å². The summed E-state index contributed by atoms with van der Waals surface area (Å²) in [4.78, 5) is 13.0. The Hall–Kier alpha value is -2.12. The van der Waals surface area contributed by atoms with Crippen LogP contribution in [0.1, 0.15) is 16.8 Å². The van der Waals surface area contributed by atoms with Gasteiger partial charge in [0.25, 0.3) is 5.91 Å². The van der Waals surface area contributed by atoms with Gasteiger partial charge >= 0.3 is 6.18 Å². The minimum atomic E-state index is -4.23. The van der Waals surface area contributed by atoms with Crippen molar-refractivity contribution in [3.05, 3.63) is 17.7 Å². The number of anilines is 3. The lowest BCUT2D eigenvalue weighted by molar-refractivity contribution is -0.168. The number of nitrogens with zero attached hydrogens (tertiary/aromatic N) is 1. The number of amides is 1. The number of benzene rings is 1. The number of primary amides is 1. The van der Waals surface area contributed by atoms with E-state index in [2.05, 4.69) is 5.32 Å². The second-order valence-corrected chi connectivity index (χ2v) is 5.04. The van der Waals surface area contributed by atoms with Crippen LogP contribution < -0.4 is 21.7 Å². The monoisotopic (exact) mass is 302 g/mol. The number of nitrogen functional groups attached to an aromatic ring is 1. The van der Waals surface area contributed by atoms with Crippen LogP contribution in [0.2, 0.25) is 0 Å². The predicted octanol–water partition coefficient (Wildman–Crippen LogP) is 1.80. The molecule has 21 heavy (non-hydrogen) atoms. The highest BCUT2D eigenvalue weighted by molar-refractivity contribution is 6.01. The maximum atomic E-state index is 12.8. The molecule has 1 aliphatic rings. The molecule has 1 aliphatic heterocycles. The average molecular weight is 302 g/mol. The molecule has 2 rings (SSSR count). The summed E-state index contributed by atoms with van der Waals surface area (Å²) < 4.78 is 38.3. The molecule has 0 saturated carbocycles. The minimum absolute atomic E-state index is 0.000958. The molecule has 1 fully saturated rings. The predicted molar refractivity (Wildman–Crippen MR) is 75.3 cm³/mol. The van der Waals surface area contributed by atoms with Crippen molar-refractivity contribution >= 4 is 23.0 Å². The summed E-state index contributed by atoms with van der Waals surface area (Å²) in [5.41, 5.74) is 12.4. The maximum Gasteiger partial charge on any atom is 0.393 e. The lowest BCUT2D eigenvalue weighted by atomic mass is 10.1. The largest absolute Gasteiger partial charge is 0.397 e. The molecule has 1 saturated heterocycles. The van der Waals surface area contributed by atoms with E-state index in [9.17, 15) is 18.0 Å². The topological polar surface area (TPSA) is 84.4 Å². The molecule has 1 unspecified atom stereocenters. The summed E-state index contributed by atoms with van der Waals surface area (Å²) in [5.74, 6) is -2.11. The van der Waals surface area contributed by atoms with Crippen LogP contribution in [0.15, 0.2) is 12.1 Å². The van der Waals surface area contributed by atoms with Crippen LogP contribution in [0.5, 0.6) is 0 Å². The van der Waals surface area contributed by atoms with Gasteiger partial charge in [0.05, 0.1) is 28.5 Å². The Morgan fingerprint density at radius 1 is 1.43 bits per heavy atom. The van der Waals surface area contributed by atoms with E-state index < -0.39 is 18.0 Å². The molecule has 5 nitrogen and oxygen atoms in total. The molecule has 1 atom stereocenters. The number of hydrogen-bond donors (Lipinski definition) is 3. The SMILES string of the molecule is CNc1cc(N2CCC(C(F)(F)F)C2)c(C(N)=O)cc1N. The van der Waals surface area contributed by atoms with Crippen LogP contribution in [0.25, 0.3) is 0 Å². The summed E-state index contributed by atoms with van der Waals surface area (Å²) in [6.45, 7) is 0.0361. The minimum Gasteiger partial charge on any atom is -0.397 e. The zero-order valence-electron chi connectivity index (χ0n) is 11.5. The Morgan fingerprint density at radius 2 is 2.10 bits per heavy atom. The van der Waals surface area contributed by atoms with Crippen LogP contribution in [-0.2, 0) is 0 Å². The molecule has 0 bridgehead atoms. The summed E-state index contributed by atoms with van der Waals surface area (Å²) >= 11 is 0. The summed E-state index contributed by atoms with van der Waals surface area (Å²) in [7, 11) is 1.64. The lowest BCUT2D eigenvalue weighted by Gasteiger charge is -2.23. The number of nitrogens with one attached hydrogen (secondary N) is 1. The highest BCUT2D eigenvalue weighted by Gasteiger charge is 2.44. The van der Waals surface area contributed by atoms with Crippen LogP contribution in [-0.4, -0.2) is 32.2 Å². The molecule has 0 aliphatic carbocycles. The van der Waals surface area contributed by atoms with Gasteiger partial charge in [-0.2, -0.15) is 13.2 Å². The van der Waals surface area contributed by atoms with E-state index in [0.29, 0.717) is 17.1 Å². The van der Waals surface area contributed by atoms with Crippen molar-refractivity contribution in [1.29, 1.82) is 0 Å². The van der Waals surface area contributed by atoms with Crippen molar-refractivity contribution in [3.8, 4) is 0 Å². The first-order valence-corrected chi connectivity index (χ1v) is 6.46. The third-order valence-corrected chi connectivity index (χ3v) is 3.69. The van der Waals surface area contributed by atoms with Crippen molar-refractivity contribution in [2.24, 2.45) is 11.7 Å². The van der Waals surface area contributed by atoms with Crippen molar-refractivity contribution in [1.82, 2.24) is 0 Å². The number of nitrogens with two attached hydrogens (primary N) is 2. The Bertz CT molecular complexity index is 559. The van der Waals surface area contributed by atoms with Crippen molar-refractivity contribution in [3.63, 3.8) is 0 Å². The van der Waals surface area contributed by atoms with Gasteiger partial charge in [-0.05, 0) is 18.6 Å². The number of halogens is 3. The second-order valence-electron chi connectivity index (χ2n) is 5.04. The van der Waals surface area contributed by atoms with E-state index in [1.165, 1.54) is 11.0 Å². The number of rotatable bonds is 3. The Morgan fingerprint density at radius 3 is 2.57 bits per heavy atom. The van der Waals surface area contributed by atoms with Gasteiger partial charge in [-0.1, -0.05) is 0 Å². The number of carbonyl (C=O) groups is 1. The zero-order valence-corrected chi connectivity index (χ0v) is 11.5. The molecule has 1 heterocycles. The number of alkyl halides is 3. The van der Waals surface area contributed by atoms with Gasteiger partial charge in [-0.3, -0.25) is 4.79 Å². The Balaban J connectivity index is 2.37. The third-order valence-electron chi connectivity index (χ3n) is 3.69. The van der Waals surface area contributed by atoms with Gasteiger partial charge in [-0.25, -0.2) is 0 Å². The van der Waals surface area contributed by atoms with E-state index in [1.807, 2.05) is 0 Å². The van der Waals surface area contributed by atoms with Gasteiger partial charge in [-0.15, -0.1) is 0 Å². The molecular weight excluding hydrogens is 285 g/mol. The summed E-state index contributed by atoms with van der Waals surface area (Å²) in [6.07, 6.45) is -4.23. The van der Waals surface area contributed by atoms with Crippen molar-refractivity contribution in [2.45, 2.75) is 12.6 Å². The van der Waals surface area contributed by atoms with Gasteiger partial charge < -0.3 is 21.7 Å². The fraction of sp³-hybridized carbons (Fsp3) is 0.462. The molecule has 0 radical (unpaired) electrons. The fourth-order valence-electron chi connectivity index (χ4n) is 2.53. The number of hydrogen-bond acceptors (Lipinski definition) is 4. The first-order chi connectivity index (χ1) is 9.74. The Labute approximate surface area is 120 Å². The van der Waals surface area contributed by atoms with Crippen LogP contribution in [0.4, 0.5) is 30.2 Å². The van der Waals surface area contributed by atoms with Gasteiger partial charge in [0, 0.05) is 20.1 Å². The molecule has 5 N–H and O–H groups in total. The van der Waals surface area contributed by atoms with Crippen molar-refractivity contribution in [2.75, 3.05) is 36.1 Å². The molecule has 8 heteroatoms. The lowest BCUT2D eigenvalue weighted by Crippen LogP contribution is -2.29. The van der Waals surface area contributed by atoms with Gasteiger partial charge in [0.2, 0.25) is 0 Å². The Kier molecular flexibility index (Phi) is 3.89. The van der Waals surface area contributed by atoms with Crippen LogP contribution in [0.3, 0.4) is 0 Å². The molecule has 0 spiro atoms. The van der Waals surface area contributed by atoms with Crippen LogP contribution >= 0.6 is 0 Å². The quantitative estimate of drug-likeness (QED) is 0.743. The highest BCUT2D eigenvalue weighted by atomic mass is 19.4. The van der Waals surface area contributed by atoms with E-state index in [1.54, 1.807) is 13.1 Å². The summed E-state index contributed by atoms with van der Waals surface area (Å²) in [6, 6.07) is 2.96. The highest BCUT2D eigenvalue weighted by Crippen LogP contribution is 2.38. The van der Waals surface area contributed by atoms with Gasteiger partial charge in [0.1, 0.15) is 0 Å². The van der Waals surface area contributed by atoms with Gasteiger partial charge in [0.15, 0.2) is 0 Å². The maximum absolute atomic E-state index is 12.8. The number of carbonyl (C=O) groups excluding carboxylic acids is 1. The fourth-order valence-corrected chi connectivity index (χ4v) is 2.53. The van der Waals surface area contributed by atoms with Crippen molar-refractivity contribution < 1.29 is 18.0 Å². The molecule has 1 aromatic carbocycles. The smallest absolute Gasteiger partial charge is 0.393 e.